The van der Waals surface area contributed by atoms with Gasteiger partial charge in [-0.2, -0.15) is 9.28 Å². The maximum absolute atomic E-state index is 12.8. The van der Waals surface area contributed by atoms with Crippen molar-refractivity contribution in [3.63, 3.8) is 0 Å². The van der Waals surface area contributed by atoms with Gasteiger partial charge in [-0.3, -0.25) is 4.89 Å². The third-order valence-corrected chi connectivity index (χ3v) is 0.928. The van der Waals surface area contributed by atoms with Gasteiger partial charge in [0.05, 0.1) is 7.11 Å². The van der Waals surface area contributed by atoms with Crippen LogP contribution in [0.3, 0.4) is 0 Å². The number of hydrogen-bond acceptors (Lipinski definition) is 5. The smallest absolute Gasteiger partial charge is 0.318 e. The molecule has 0 saturated carbocycles. The van der Waals surface area contributed by atoms with E-state index in [9.17, 15) is 9.18 Å². The quantitative estimate of drug-likeness (QED) is 0.336. The predicted octanol–water partition coefficient (Wildman–Crippen LogP) is 0.00710. The zero-order valence-corrected chi connectivity index (χ0v) is 6.42. The molecule has 0 aliphatic carbocycles. The fourth-order valence-corrected chi connectivity index (χ4v) is 0.375. The van der Waals surface area contributed by atoms with E-state index in [0.717, 1.165) is 21.3 Å². The summed E-state index contributed by atoms with van der Waals surface area (Å²) in [5.74, 6) is -1.40. The van der Waals surface area contributed by atoms with Gasteiger partial charge in [0.25, 0.3) is 0 Å². The summed E-state index contributed by atoms with van der Waals surface area (Å²) in [4.78, 5) is 18.3. The maximum atomic E-state index is 12.8. The Morgan fingerprint density at radius 3 is 2.00 bits per heavy atom. The first-order chi connectivity index (χ1) is 5.10. The van der Waals surface area contributed by atoms with Crippen LogP contribution in [0.5, 0.6) is 0 Å². The highest BCUT2D eigenvalue weighted by molar-refractivity contribution is 5.75. The van der Waals surface area contributed by atoms with E-state index in [-0.39, 0.29) is 0 Å². The maximum Gasteiger partial charge on any atom is 0.436 e. The van der Waals surface area contributed by atoms with E-state index in [1.165, 1.54) is 0 Å². The molecule has 66 valence electrons. The van der Waals surface area contributed by atoms with Crippen LogP contribution in [0.4, 0.5) is 4.39 Å². The van der Waals surface area contributed by atoms with Gasteiger partial charge in [0.2, 0.25) is 0 Å². The van der Waals surface area contributed by atoms with E-state index in [2.05, 4.69) is 19.2 Å². The Labute approximate surface area is 62.9 Å². The largest absolute Gasteiger partial charge is 0.436 e. The summed E-state index contributed by atoms with van der Waals surface area (Å²) >= 11 is 0. The number of rotatable bonds is 4. The van der Waals surface area contributed by atoms with Crippen LogP contribution in [0, 0.1) is 0 Å². The molecule has 0 aromatic carbocycles. The normalized spacial score (nSPS) is 11.3. The topological polar surface area (TPSA) is 54.0 Å². The van der Waals surface area contributed by atoms with Crippen molar-refractivity contribution >= 4 is 5.97 Å². The van der Waals surface area contributed by atoms with Gasteiger partial charge >= 0.3 is 12.0 Å². The first-order valence-electron chi connectivity index (χ1n) is 2.65. The van der Waals surface area contributed by atoms with Crippen LogP contribution in [-0.4, -0.2) is 33.3 Å². The van der Waals surface area contributed by atoms with Crippen molar-refractivity contribution in [3.8, 4) is 0 Å². The molecule has 0 N–H and O–H groups in total. The Kier molecular flexibility index (Phi) is 3.94. The van der Waals surface area contributed by atoms with Crippen molar-refractivity contribution < 1.29 is 28.4 Å². The van der Waals surface area contributed by atoms with E-state index < -0.39 is 12.0 Å². The van der Waals surface area contributed by atoms with Gasteiger partial charge in [0, 0.05) is 14.2 Å². The summed E-state index contributed by atoms with van der Waals surface area (Å²) in [5.41, 5.74) is 0. The van der Waals surface area contributed by atoms with Gasteiger partial charge in [-0.15, -0.1) is 0 Å². The minimum absolute atomic E-state index is 0.959. The molecule has 0 fully saturated rings. The summed E-state index contributed by atoms with van der Waals surface area (Å²) < 4.78 is 20.9. The van der Waals surface area contributed by atoms with E-state index in [4.69, 9.17) is 0 Å². The first-order valence-corrected chi connectivity index (χ1v) is 2.65. The number of carbonyl (C=O) groups excluding carboxylic acids is 1. The molecule has 0 bridgehead atoms. The molecule has 0 aromatic rings. The summed E-state index contributed by atoms with van der Waals surface area (Å²) in [6.45, 7) is 0. The van der Waals surface area contributed by atoms with Crippen molar-refractivity contribution in [1.29, 1.82) is 0 Å². The van der Waals surface area contributed by atoms with Crippen LogP contribution in [0.2, 0.25) is 0 Å². The Balaban J connectivity index is 4.12. The number of ether oxygens (including phenoxy) is 2. The lowest BCUT2D eigenvalue weighted by Crippen LogP contribution is -2.39. The molecule has 0 heterocycles. The minimum Gasteiger partial charge on any atom is -0.318 e. The fraction of sp³-hybridized carbons (Fsp3) is 0.800. The zero-order valence-electron chi connectivity index (χ0n) is 6.42. The Morgan fingerprint density at radius 2 is 1.73 bits per heavy atom. The first kappa shape index (κ1) is 10.3. The van der Waals surface area contributed by atoms with Crippen molar-refractivity contribution in [2.24, 2.45) is 0 Å². The SMILES string of the molecule is COOC(=O)C(F)(OC)OC. The van der Waals surface area contributed by atoms with Crippen molar-refractivity contribution in [2.45, 2.75) is 6.04 Å². The lowest BCUT2D eigenvalue weighted by molar-refractivity contribution is -0.332. The second-order valence-corrected chi connectivity index (χ2v) is 1.48. The molecular weight excluding hydrogens is 159 g/mol. The molecule has 0 atom stereocenters. The molecule has 11 heavy (non-hydrogen) atoms. The molecule has 0 spiro atoms. The Hall–Kier alpha value is -0.720. The second kappa shape index (κ2) is 4.22. The van der Waals surface area contributed by atoms with Gasteiger partial charge in [-0.1, -0.05) is 0 Å². The molecule has 6 heteroatoms. The molecule has 5 nitrogen and oxygen atoms in total. The van der Waals surface area contributed by atoms with Gasteiger partial charge in [-0.05, 0) is 0 Å². The molecule has 0 radical (unpaired) electrons. The highest BCUT2D eigenvalue weighted by atomic mass is 19.2. The molecule has 0 aromatic heterocycles. The second-order valence-electron chi connectivity index (χ2n) is 1.48. The third-order valence-electron chi connectivity index (χ3n) is 0.928. The molecule has 0 aliphatic heterocycles. The molecule has 0 rings (SSSR count). The summed E-state index contributed by atoms with van der Waals surface area (Å²) in [7, 11) is 2.98. The van der Waals surface area contributed by atoms with Crippen molar-refractivity contribution in [2.75, 3.05) is 21.3 Å². The number of methoxy groups -OCH3 is 2. The standard InChI is InChI=1S/C5H9FO5/c1-8-5(6,9-2)4(7)11-10-3/h1-3H3. The van der Waals surface area contributed by atoms with Crippen LogP contribution in [-0.2, 0) is 24.0 Å². The average molecular weight is 168 g/mol. The molecular formula is C5H9FO5. The van der Waals surface area contributed by atoms with E-state index >= 15 is 0 Å². The lowest BCUT2D eigenvalue weighted by Gasteiger charge is -2.16. The molecule has 0 amide bonds. The molecule has 0 aliphatic rings. The van der Waals surface area contributed by atoms with Crippen LogP contribution < -0.4 is 0 Å². The summed E-state index contributed by atoms with van der Waals surface area (Å²) in [6, 6.07) is -2.89. The van der Waals surface area contributed by atoms with Crippen LogP contribution in [0.15, 0.2) is 0 Å². The minimum atomic E-state index is -2.89. The number of halogens is 1. The molecule has 0 unspecified atom stereocenters. The van der Waals surface area contributed by atoms with E-state index in [1.807, 2.05) is 0 Å². The Morgan fingerprint density at radius 1 is 1.27 bits per heavy atom. The van der Waals surface area contributed by atoms with E-state index in [0.29, 0.717) is 0 Å². The number of alkyl halides is 1. The van der Waals surface area contributed by atoms with Crippen LogP contribution in [0.1, 0.15) is 0 Å². The zero-order chi connectivity index (χ0) is 8.91. The van der Waals surface area contributed by atoms with Crippen molar-refractivity contribution in [1.82, 2.24) is 0 Å². The number of carbonyl (C=O) groups is 1. The van der Waals surface area contributed by atoms with Gasteiger partial charge in [0.15, 0.2) is 0 Å². The monoisotopic (exact) mass is 168 g/mol. The summed E-state index contributed by atoms with van der Waals surface area (Å²) in [6.07, 6.45) is 0. The highest BCUT2D eigenvalue weighted by Gasteiger charge is 2.42. The third kappa shape index (κ3) is 2.41. The lowest BCUT2D eigenvalue weighted by atomic mass is 10.6. The van der Waals surface area contributed by atoms with Gasteiger partial charge in [0.1, 0.15) is 0 Å². The average Bonchev–Trinajstić information content (AvgIpc) is 2.03. The van der Waals surface area contributed by atoms with Crippen LogP contribution >= 0.6 is 0 Å². The van der Waals surface area contributed by atoms with Gasteiger partial charge < -0.3 is 9.47 Å². The predicted molar refractivity (Wildman–Crippen MR) is 31.0 cm³/mol. The molecule has 0 saturated heterocycles. The van der Waals surface area contributed by atoms with Crippen molar-refractivity contribution in [3.05, 3.63) is 0 Å². The van der Waals surface area contributed by atoms with E-state index in [1.54, 1.807) is 0 Å². The summed E-state index contributed by atoms with van der Waals surface area (Å²) in [5, 5.41) is 0. The fourth-order valence-electron chi connectivity index (χ4n) is 0.375. The van der Waals surface area contributed by atoms with Gasteiger partial charge in [-0.25, -0.2) is 4.79 Å². The highest BCUT2D eigenvalue weighted by Crippen LogP contribution is 2.14. The Bertz CT molecular complexity index is 133. The number of hydrogen-bond donors (Lipinski definition) is 0. The van der Waals surface area contributed by atoms with Crippen LogP contribution in [0.25, 0.3) is 0 Å².